The normalized spacial score (nSPS) is 10.6. The first-order valence-electron chi connectivity index (χ1n) is 7.98. The molecule has 2 amide bonds. The lowest BCUT2D eigenvalue weighted by atomic mass is 10.1. The van der Waals surface area contributed by atoms with Crippen molar-refractivity contribution in [3.8, 4) is 5.75 Å². The van der Waals surface area contributed by atoms with Crippen LogP contribution in [0.3, 0.4) is 0 Å². The summed E-state index contributed by atoms with van der Waals surface area (Å²) in [6, 6.07) is 11.1. The molecule has 0 saturated carbocycles. The first kappa shape index (κ1) is 18.8. The highest BCUT2D eigenvalue weighted by molar-refractivity contribution is 7.21. The van der Waals surface area contributed by atoms with Gasteiger partial charge in [0, 0.05) is 28.3 Å². The minimum Gasteiger partial charge on any atom is -0.497 e. The number of amides is 2. The Hall–Kier alpha value is -2.97. The fourth-order valence-corrected chi connectivity index (χ4v) is 3.73. The fourth-order valence-electron chi connectivity index (χ4n) is 2.62. The summed E-state index contributed by atoms with van der Waals surface area (Å²) in [5.74, 6) is -0.819. The van der Waals surface area contributed by atoms with Gasteiger partial charge in [-0.2, -0.15) is 0 Å². The van der Waals surface area contributed by atoms with Gasteiger partial charge in [-0.25, -0.2) is 4.39 Å². The third-order valence-electron chi connectivity index (χ3n) is 3.90. The molecule has 0 aliphatic carbocycles. The van der Waals surface area contributed by atoms with E-state index in [0.717, 1.165) is 11.3 Å². The third kappa shape index (κ3) is 3.91. The Morgan fingerprint density at radius 1 is 1.04 bits per heavy atom. The van der Waals surface area contributed by atoms with Gasteiger partial charge in [0.25, 0.3) is 11.8 Å². The van der Waals surface area contributed by atoms with Crippen molar-refractivity contribution in [2.24, 2.45) is 0 Å². The Labute approximate surface area is 158 Å². The average molecular weight is 388 g/mol. The molecule has 0 unspecified atom stereocenters. The Morgan fingerprint density at radius 3 is 2.41 bits per heavy atom. The molecular weight excluding hydrogens is 371 g/mol. The van der Waals surface area contributed by atoms with Crippen LogP contribution in [0.4, 0.5) is 4.39 Å². The van der Waals surface area contributed by atoms with Crippen LogP contribution < -0.4 is 15.6 Å². The third-order valence-corrected chi connectivity index (χ3v) is 5.10. The highest BCUT2D eigenvalue weighted by Gasteiger charge is 2.21. The van der Waals surface area contributed by atoms with Gasteiger partial charge in [-0.05, 0) is 36.4 Å². The molecule has 0 saturated heterocycles. The lowest BCUT2D eigenvalue weighted by molar-refractivity contribution is 0.0847. The van der Waals surface area contributed by atoms with Gasteiger partial charge >= 0.3 is 0 Å². The Morgan fingerprint density at radius 2 is 1.74 bits per heavy atom. The van der Waals surface area contributed by atoms with E-state index in [9.17, 15) is 14.0 Å². The Balaban J connectivity index is 1.78. The highest BCUT2D eigenvalue weighted by atomic mass is 32.1. The monoisotopic (exact) mass is 388 g/mol. The molecule has 2 aromatic carbocycles. The smallest absolute Gasteiger partial charge is 0.280 e. The first-order valence-corrected chi connectivity index (χ1v) is 8.80. The molecule has 6 nitrogen and oxygen atoms in total. The zero-order chi connectivity index (χ0) is 19.4. The van der Waals surface area contributed by atoms with E-state index in [1.54, 1.807) is 36.4 Å². The van der Waals surface area contributed by atoms with Crippen molar-refractivity contribution in [3.63, 3.8) is 0 Å². The number of benzene rings is 2. The summed E-state index contributed by atoms with van der Waals surface area (Å²) in [6.45, 7) is 0.0795. The van der Waals surface area contributed by atoms with Gasteiger partial charge in [0.2, 0.25) is 0 Å². The molecule has 0 radical (unpaired) electrons. The van der Waals surface area contributed by atoms with Crippen molar-refractivity contribution in [3.05, 3.63) is 64.3 Å². The molecule has 27 heavy (non-hydrogen) atoms. The minimum absolute atomic E-state index is 0.0795. The van der Waals surface area contributed by atoms with Crippen LogP contribution in [0.1, 0.15) is 25.6 Å². The van der Waals surface area contributed by atoms with Crippen molar-refractivity contribution in [1.29, 1.82) is 0 Å². The van der Waals surface area contributed by atoms with E-state index < -0.39 is 17.6 Å². The second-order valence-corrected chi connectivity index (χ2v) is 6.64. The molecule has 0 fully saturated rings. The largest absolute Gasteiger partial charge is 0.497 e. The van der Waals surface area contributed by atoms with E-state index in [1.165, 1.54) is 20.3 Å². The van der Waals surface area contributed by atoms with Crippen molar-refractivity contribution < 1.29 is 23.5 Å². The van der Waals surface area contributed by atoms with Gasteiger partial charge in [-0.15, -0.1) is 11.3 Å². The van der Waals surface area contributed by atoms with Gasteiger partial charge in [-0.1, -0.05) is 6.07 Å². The number of thiophene rings is 1. The number of halogens is 1. The second-order valence-electron chi connectivity index (χ2n) is 5.59. The predicted octanol–water partition coefficient (Wildman–Crippen LogP) is 3.27. The maximum Gasteiger partial charge on any atom is 0.280 e. The van der Waals surface area contributed by atoms with Crippen LogP contribution in [-0.2, 0) is 11.3 Å². The van der Waals surface area contributed by atoms with E-state index in [4.69, 9.17) is 9.47 Å². The summed E-state index contributed by atoms with van der Waals surface area (Å²) >= 11 is 1.14. The van der Waals surface area contributed by atoms with Crippen LogP contribution in [0.5, 0.6) is 5.75 Å². The number of fused-ring (bicyclic) bond motifs is 1. The number of hydrogen-bond donors (Lipinski definition) is 2. The number of hydrazine groups is 1. The first-order chi connectivity index (χ1) is 13.0. The summed E-state index contributed by atoms with van der Waals surface area (Å²) in [5.41, 5.74) is 5.53. The Bertz CT molecular complexity index is 985. The SMILES string of the molecule is COCc1c(C(=O)NNC(=O)c2ccc(OC)cc2)sc2cccc(F)c12. The quantitative estimate of drug-likeness (QED) is 0.658. The maximum absolute atomic E-state index is 14.2. The van der Waals surface area contributed by atoms with E-state index in [1.807, 2.05) is 0 Å². The summed E-state index contributed by atoms with van der Waals surface area (Å²) in [5, 5.41) is 0.357. The Kier molecular flexibility index (Phi) is 5.68. The molecule has 8 heteroatoms. The summed E-state index contributed by atoms with van der Waals surface area (Å²) in [7, 11) is 3.00. The number of nitrogens with one attached hydrogen (secondary N) is 2. The standard InChI is InChI=1S/C19H17FN2O4S/c1-25-10-13-16-14(20)4-3-5-15(16)27-17(13)19(24)22-21-18(23)11-6-8-12(26-2)9-7-11/h3-9H,10H2,1-2H3,(H,21,23)(H,22,24). The summed E-state index contributed by atoms with van der Waals surface area (Å²) < 4.78 is 25.0. The van der Waals surface area contributed by atoms with Crippen molar-refractivity contribution in [2.45, 2.75) is 6.61 Å². The highest BCUT2D eigenvalue weighted by Crippen LogP contribution is 2.33. The zero-order valence-corrected chi connectivity index (χ0v) is 15.5. The molecule has 0 bridgehead atoms. The van der Waals surface area contributed by atoms with Gasteiger partial charge < -0.3 is 9.47 Å². The van der Waals surface area contributed by atoms with Crippen LogP contribution in [0.15, 0.2) is 42.5 Å². The van der Waals surface area contributed by atoms with Crippen LogP contribution in [0.25, 0.3) is 10.1 Å². The minimum atomic E-state index is -0.537. The van der Waals surface area contributed by atoms with Crippen LogP contribution in [0.2, 0.25) is 0 Å². The van der Waals surface area contributed by atoms with Crippen LogP contribution in [0, 0.1) is 5.82 Å². The molecule has 3 aromatic rings. The number of carbonyl (C=O) groups excluding carboxylic acids is 2. The lowest BCUT2D eigenvalue weighted by Gasteiger charge is -2.08. The van der Waals surface area contributed by atoms with Crippen LogP contribution in [-0.4, -0.2) is 26.0 Å². The van der Waals surface area contributed by atoms with E-state index in [-0.39, 0.29) is 11.5 Å². The molecule has 0 spiro atoms. The molecule has 3 rings (SSSR count). The molecule has 2 N–H and O–H groups in total. The summed E-state index contributed by atoms with van der Waals surface area (Å²) in [6.07, 6.45) is 0. The molecular formula is C19H17FN2O4S. The number of rotatable bonds is 5. The van der Waals surface area contributed by atoms with Gasteiger partial charge in [0.15, 0.2) is 0 Å². The molecule has 0 aliphatic rings. The number of carbonyl (C=O) groups is 2. The van der Waals surface area contributed by atoms with Crippen LogP contribution >= 0.6 is 11.3 Å². The van der Waals surface area contributed by atoms with Crippen molar-refractivity contribution >= 4 is 33.2 Å². The number of methoxy groups -OCH3 is 2. The van der Waals surface area contributed by atoms with Gasteiger partial charge in [0.1, 0.15) is 16.4 Å². The molecule has 0 atom stereocenters. The van der Waals surface area contributed by atoms with Crippen molar-refractivity contribution in [2.75, 3.05) is 14.2 Å². The van der Waals surface area contributed by atoms with Crippen molar-refractivity contribution in [1.82, 2.24) is 10.9 Å². The topological polar surface area (TPSA) is 76.7 Å². The number of ether oxygens (including phenoxy) is 2. The molecule has 1 heterocycles. The van der Waals surface area contributed by atoms with E-state index >= 15 is 0 Å². The second kappa shape index (κ2) is 8.15. The molecule has 140 valence electrons. The number of hydrogen-bond acceptors (Lipinski definition) is 5. The average Bonchev–Trinajstić information content (AvgIpc) is 3.06. The maximum atomic E-state index is 14.2. The zero-order valence-electron chi connectivity index (χ0n) is 14.7. The fraction of sp³-hybridized carbons (Fsp3) is 0.158. The van der Waals surface area contributed by atoms with E-state index in [0.29, 0.717) is 27.0 Å². The summed E-state index contributed by atoms with van der Waals surface area (Å²) in [4.78, 5) is 25.0. The lowest BCUT2D eigenvalue weighted by Crippen LogP contribution is -2.41. The molecule has 0 aliphatic heterocycles. The van der Waals surface area contributed by atoms with Gasteiger partial charge in [-0.3, -0.25) is 20.4 Å². The van der Waals surface area contributed by atoms with Gasteiger partial charge in [0.05, 0.1) is 13.7 Å². The predicted molar refractivity (Wildman–Crippen MR) is 100 cm³/mol. The molecule has 1 aromatic heterocycles. The van der Waals surface area contributed by atoms with E-state index in [2.05, 4.69) is 10.9 Å².